The van der Waals surface area contributed by atoms with Crippen LogP contribution in [-0.2, 0) is 0 Å². The van der Waals surface area contributed by atoms with Crippen LogP contribution in [0.3, 0.4) is 0 Å². The van der Waals surface area contributed by atoms with E-state index in [9.17, 15) is 9.90 Å². The maximum atomic E-state index is 12.4. The fourth-order valence-corrected chi connectivity index (χ4v) is 2.85. The van der Waals surface area contributed by atoms with Crippen LogP contribution in [0.2, 0.25) is 0 Å². The fourth-order valence-electron chi connectivity index (χ4n) is 2.85. The summed E-state index contributed by atoms with van der Waals surface area (Å²) in [4.78, 5) is 19.6. The number of aromatic amines is 1. The van der Waals surface area contributed by atoms with Gasteiger partial charge in [0.15, 0.2) is 0 Å². The van der Waals surface area contributed by atoms with Gasteiger partial charge in [-0.1, -0.05) is 38.5 Å². The first-order valence-electron chi connectivity index (χ1n) is 8.12. The maximum absolute atomic E-state index is 12.4. The molecule has 0 aliphatic heterocycles. The Labute approximate surface area is 140 Å². The molecule has 1 aromatic carbocycles. The summed E-state index contributed by atoms with van der Waals surface area (Å²) in [6, 6.07) is 10.7. The van der Waals surface area contributed by atoms with Gasteiger partial charge in [-0.15, -0.1) is 0 Å². The van der Waals surface area contributed by atoms with Gasteiger partial charge in [-0.3, -0.25) is 9.78 Å². The lowest BCUT2D eigenvalue weighted by molar-refractivity contribution is 0.0918. The summed E-state index contributed by atoms with van der Waals surface area (Å²) in [6.45, 7) is 4.12. The number of carbonyl (C=O) groups excluding carboxylic acids is 1. The number of hydrogen-bond donors (Lipinski definition) is 3. The van der Waals surface area contributed by atoms with Gasteiger partial charge in [0, 0.05) is 23.3 Å². The van der Waals surface area contributed by atoms with Crippen molar-refractivity contribution in [2.75, 3.05) is 0 Å². The predicted octanol–water partition coefficient (Wildman–Crippen LogP) is 3.79. The molecule has 1 amide bonds. The molecule has 0 aliphatic carbocycles. The molecule has 3 aromatic rings. The van der Waals surface area contributed by atoms with Gasteiger partial charge < -0.3 is 15.4 Å². The molecule has 0 spiro atoms. The predicted molar refractivity (Wildman–Crippen MR) is 93.9 cm³/mol. The lowest BCUT2D eigenvalue weighted by Crippen LogP contribution is -2.32. The number of aromatic nitrogens is 2. The number of amides is 1. The SMILES string of the molecule is CCC(C)C(NC(=O)c1ccc[nH]1)c1ccc2cccnc2c1O. The molecule has 124 valence electrons. The van der Waals surface area contributed by atoms with Crippen molar-refractivity contribution >= 4 is 16.8 Å². The standard InChI is InChI=1S/C19H21N3O2/c1-3-12(2)16(22-19(24)15-7-5-10-20-15)14-9-8-13-6-4-11-21-17(13)18(14)23/h4-12,16,20,23H,3H2,1-2H3,(H,22,24). The lowest BCUT2D eigenvalue weighted by atomic mass is 9.91. The Balaban J connectivity index is 2.00. The number of aromatic hydroxyl groups is 1. The average Bonchev–Trinajstić information content (AvgIpc) is 3.14. The van der Waals surface area contributed by atoms with Gasteiger partial charge in [0.25, 0.3) is 5.91 Å². The molecule has 2 heterocycles. The maximum Gasteiger partial charge on any atom is 0.268 e. The van der Waals surface area contributed by atoms with Crippen LogP contribution in [0.1, 0.15) is 42.4 Å². The molecule has 0 radical (unpaired) electrons. The Hall–Kier alpha value is -2.82. The van der Waals surface area contributed by atoms with Crippen molar-refractivity contribution in [3.05, 3.63) is 60.0 Å². The molecule has 5 heteroatoms. The third-order valence-electron chi connectivity index (χ3n) is 4.46. The molecule has 0 fully saturated rings. The smallest absolute Gasteiger partial charge is 0.268 e. The van der Waals surface area contributed by atoms with E-state index < -0.39 is 0 Å². The quantitative estimate of drug-likeness (QED) is 0.668. The van der Waals surface area contributed by atoms with Crippen molar-refractivity contribution in [2.45, 2.75) is 26.3 Å². The summed E-state index contributed by atoms with van der Waals surface area (Å²) in [6.07, 6.45) is 4.24. The van der Waals surface area contributed by atoms with Crippen LogP contribution in [0.5, 0.6) is 5.75 Å². The highest BCUT2D eigenvalue weighted by Gasteiger charge is 2.25. The molecule has 3 rings (SSSR count). The number of pyridine rings is 1. The number of hydrogen-bond acceptors (Lipinski definition) is 3. The third kappa shape index (κ3) is 2.97. The van der Waals surface area contributed by atoms with Crippen molar-refractivity contribution in [3.63, 3.8) is 0 Å². The molecule has 0 saturated carbocycles. The molecule has 2 unspecified atom stereocenters. The zero-order chi connectivity index (χ0) is 17.1. The van der Waals surface area contributed by atoms with E-state index in [4.69, 9.17) is 0 Å². The minimum Gasteiger partial charge on any atom is -0.505 e. The first kappa shape index (κ1) is 16.1. The number of rotatable bonds is 5. The molecule has 0 saturated heterocycles. The molecule has 2 aromatic heterocycles. The first-order chi connectivity index (χ1) is 11.6. The average molecular weight is 323 g/mol. The van der Waals surface area contributed by atoms with E-state index >= 15 is 0 Å². The Kier molecular flexibility index (Phi) is 4.51. The summed E-state index contributed by atoms with van der Waals surface area (Å²) >= 11 is 0. The monoisotopic (exact) mass is 323 g/mol. The van der Waals surface area contributed by atoms with Crippen molar-refractivity contribution in [1.82, 2.24) is 15.3 Å². The summed E-state index contributed by atoms with van der Waals surface area (Å²) in [5.74, 6) is 0.104. The Bertz CT molecular complexity index is 843. The largest absolute Gasteiger partial charge is 0.505 e. The number of carbonyl (C=O) groups is 1. The number of nitrogens with one attached hydrogen (secondary N) is 2. The highest BCUT2D eigenvalue weighted by molar-refractivity contribution is 5.93. The second kappa shape index (κ2) is 6.74. The van der Waals surface area contributed by atoms with Crippen molar-refractivity contribution in [2.24, 2.45) is 5.92 Å². The zero-order valence-electron chi connectivity index (χ0n) is 13.8. The van der Waals surface area contributed by atoms with Crippen LogP contribution >= 0.6 is 0 Å². The number of H-pyrrole nitrogens is 1. The topological polar surface area (TPSA) is 78.0 Å². The molecule has 0 bridgehead atoms. The highest BCUT2D eigenvalue weighted by Crippen LogP contribution is 2.35. The third-order valence-corrected chi connectivity index (χ3v) is 4.46. The van der Waals surface area contributed by atoms with Gasteiger partial charge in [0.1, 0.15) is 17.0 Å². The lowest BCUT2D eigenvalue weighted by Gasteiger charge is -2.25. The number of phenolic OH excluding ortho intramolecular Hbond substituents is 1. The van der Waals surface area contributed by atoms with E-state index in [0.717, 1.165) is 11.8 Å². The van der Waals surface area contributed by atoms with Crippen LogP contribution in [0.25, 0.3) is 10.9 Å². The van der Waals surface area contributed by atoms with E-state index in [2.05, 4.69) is 29.1 Å². The van der Waals surface area contributed by atoms with Crippen LogP contribution in [-0.4, -0.2) is 21.0 Å². The van der Waals surface area contributed by atoms with Gasteiger partial charge in [-0.25, -0.2) is 0 Å². The Morgan fingerprint density at radius 1 is 1.29 bits per heavy atom. The van der Waals surface area contributed by atoms with Crippen LogP contribution in [0.4, 0.5) is 0 Å². The normalized spacial score (nSPS) is 13.6. The Morgan fingerprint density at radius 3 is 2.83 bits per heavy atom. The van der Waals surface area contributed by atoms with Crippen LogP contribution in [0.15, 0.2) is 48.8 Å². The van der Waals surface area contributed by atoms with E-state index in [1.807, 2.05) is 24.3 Å². The van der Waals surface area contributed by atoms with Crippen LogP contribution in [0, 0.1) is 5.92 Å². The number of nitrogens with zero attached hydrogens (tertiary/aromatic N) is 1. The number of benzene rings is 1. The molecule has 0 aliphatic rings. The van der Waals surface area contributed by atoms with Gasteiger partial charge >= 0.3 is 0 Å². The van der Waals surface area contributed by atoms with E-state index in [0.29, 0.717) is 16.8 Å². The molecular formula is C19H21N3O2. The second-order valence-electron chi connectivity index (χ2n) is 6.00. The summed E-state index contributed by atoms with van der Waals surface area (Å²) in [5.41, 5.74) is 1.74. The summed E-state index contributed by atoms with van der Waals surface area (Å²) < 4.78 is 0. The molecular weight excluding hydrogens is 302 g/mol. The van der Waals surface area contributed by atoms with Crippen molar-refractivity contribution in [3.8, 4) is 5.75 Å². The van der Waals surface area contributed by atoms with Crippen molar-refractivity contribution in [1.29, 1.82) is 0 Å². The minimum atomic E-state index is -0.294. The van der Waals surface area contributed by atoms with E-state index in [1.54, 1.807) is 24.5 Å². The van der Waals surface area contributed by atoms with Gasteiger partial charge in [0.2, 0.25) is 0 Å². The number of phenols is 1. The molecule has 5 nitrogen and oxygen atoms in total. The minimum absolute atomic E-state index is 0.130. The summed E-state index contributed by atoms with van der Waals surface area (Å²) in [5, 5.41) is 14.6. The van der Waals surface area contributed by atoms with Crippen molar-refractivity contribution < 1.29 is 9.90 Å². The van der Waals surface area contributed by atoms with Crippen LogP contribution < -0.4 is 5.32 Å². The van der Waals surface area contributed by atoms with Gasteiger partial charge in [-0.2, -0.15) is 0 Å². The Morgan fingerprint density at radius 2 is 2.12 bits per heavy atom. The van der Waals surface area contributed by atoms with Gasteiger partial charge in [0.05, 0.1) is 6.04 Å². The van der Waals surface area contributed by atoms with E-state index in [1.165, 1.54) is 0 Å². The number of fused-ring (bicyclic) bond motifs is 1. The fraction of sp³-hybridized carbons (Fsp3) is 0.263. The molecule has 24 heavy (non-hydrogen) atoms. The highest BCUT2D eigenvalue weighted by atomic mass is 16.3. The molecule has 2 atom stereocenters. The first-order valence-corrected chi connectivity index (χ1v) is 8.12. The zero-order valence-corrected chi connectivity index (χ0v) is 13.8. The summed E-state index contributed by atoms with van der Waals surface area (Å²) in [7, 11) is 0. The molecule has 3 N–H and O–H groups in total. The second-order valence-corrected chi connectivity index (χ2v) is 6.00. The van der Waals surface area contributed by atoms with Gasteiger partial charge in [-0.05, 0) is 24.1 Å². The van der Waals surface area contributed by atoms with E-state index in [-0.39, 0.29) is 23.6 Å².